The number of aromatic nitrogens is 1. The number of Topliss-reactive ketones (excluding diaryl/α,β-unsaturated/α-hetero) is 1. The highest BCUT2D eigenvalue weighted by Gasteiger charge is 2.29. The Morgan fingerprint density at radius 2 is 1.73 bits per heavy atom. The predicted octanol–water partition coefficient (Wildman–Crippen LogP) is 6.15. The van der Waals surface area contributed by atoms with Gasteiger partial charge in [-0.2, -0.15) is 13.2 Å². The lowest BCUT2D eigenvalue weighted by Gasteiger charge is -2.30. The average Bonchev–Trinajstić information content (AvgIpc) is 2.99. The van der Waals surface area contributed by atoms with Crippen molar-refractivity contribution < 1.29 is 49.8 Å². The second-order valence-electron chi connectivity index (χ2n) is 10.8. The van der Waals surface area contributed by atoms with Crippen LogP contribution in [0.4, 0.5) is 30.7 Å². The SMILES string of the molecule is O=C(Cc1cncc(F)c1CC[C@@H]1CN[C@H](COC(=O)CCC(F)(F)F)CO1)C[C@@H](c1ccc(F)cc1)c1cc(F)ccc1F. The lowest BCUT2D eigenvalue weighted by atomic mass is 9.85. The number of carbonyl (C=O) groups is 2. The highest BCUT2D eigenvalue weighted by atomic mass is 19.4. The molecule has 3 atom stereocenters. The lowest BCUT2D eigenvalue weighted by Crippen LogP contribution is -2.49. The van der Waals surface area contributed by atoms with Gasteiger partial charge in [-0.05, 0) is 65.4 Å². The van der Waals surface area contributed by atoms with Gasteiger partial charge in [-0.25, -0.2) is 17.6 Å². The fourth-order valence-electron chi connectivity index (χ4n) is 5.11. The Labute approximate surface area is 254 Å². The highest BCUT2D eigenvalue weighted by molar-refractivity contribution is 5.82. The van der Waals surface area contributed by atoms with Crippen LogP contribution in [0.15, 0.2) is 54.9 Å². The van der Waals surface area contributed by atoms with E-state index in [9.17, 15) is 40.3 Å². The van der Waals surface area contributed by atoms with Crippen molar-refractivity contribution in [1.29, 1.82) is 0 Å². The quantitative estimate of drug-likeness (QED) is 0.179. The number of pyridine rings is 1. The van der Waals surface area contributed by atoms with Gasteiger partial charge in [-0.3, -0.25) is 14.6 Å². The Morgan fingerprint density at radius 3 is 2.42 bits per heavy atom. The Kier molecular flexibility index (Phi) is 11.7. The number of morpholine rings is 1. The number of ketones is 1. The number of esters is 1. The molecule has 3 aromatic rings. The molecule has 242 valence electrons. The van der Waals surface area contributed by atoms with Crippen molar-refractivity contribution in [1.82, 2.24) is 10.3 Å². The Hall–Kier alpha value is -3.84. The number of halogens is 7. The maximum atomic E-state index is 14.9. The molecule has 1 aromatic heterocycles. The van der Waals surface area contributed by atoms with Crippen LogP contribution in [0.2, 0.25) is 0 Å². The summed E-state index contributed by atoms with van der Waals surface area (Å²) in [5, 5.41) is 3.09. The monoisotopic (exact) mass is 640 g/mol. The molecule has 0 saturated carbocycles. The van der Waals surface area contributed by atoms with Crippen LogP contribution in [-0.4, -0.2) is 54.8 Å². The van der Waals surface area contributed by atoms with Gasteiger partial charge in [0.05, 0.1) is 37.8 Å². The number of ether oxygens (including phenoxy) is 2. The first-order valence-electron chi connectivity index (χ1n) is 14.3. The third kappa shape index (κ3) is 10.4. The smallest absolute Gasteiger partial charge is 0.389 e. The molecule has 2 aromatic carbocycles. The molecular weight excluding hydrogens is 609 g/mol. The third-order valence-corrected chi connectivity index (χ3v) is 7.46. The molecule has 4 rings (SSSR count). The van der Waals surface area contributed by atoms with Crippen LogP contribution in [0.5, 0.6) is 0 Å². The molecule has 0 spiro atoms. The van der Waals surface area contributed by atoms with Crippen LogP contribution in [0.1, 0.15) is 53.9 Å². The van der Waals surface area contributed by atoms with Crippen molar-refractivity contribution in [2.45, 2.75) is 62.8 Å². The van der Waals surface area contributed by atoms with Gasteiger partial charge < -0.3 is 14.8 Å². The van der Waals surface area contributed by atoms with E-state index in [2.05, 4.69) is 10.3 Å². The Bertz CT molecular complexity index is 1460. The number of hydrogen-bond acceptors (Lipinski definition) is 6. The second-order valence-corrected chi connectivity index (χ2v) is 10.8. The van der Waals surface area contributed by atoms with E-state index < -0.39 is 66.0 Å². The molecule has 0 radical (unpaired) electrons. The highest BCUT2D eigenvalue weighted by Crippen LogP contribution is 2.32. The number of alkyl halides is 3. The molecule has 1 N–H and O–H groups in total. The molecule has 1 fully saturated rings. The molecule has 1 aliphatic rings. The van der Waals surface area contributed by atoms with Crippen molar-refractivity contribution in [3.8, 4) is 0 Å². The zero-order valence-corrected chi connectivity index (χ0v) is 24.0. The first-order valence-corrected chi connectivity index (χ1v) is 14.3. The molecule has 2 heterocycles. The van der Waals surface area contributed by atoms with Gasteiger partial charge in [-0.15, -0.1) is 0 Å². The first-order chi connectivity index (χ1) is 21.4. The van der Waals surface area contributed by atoms with Gasteiger partial charge in [0.2, 0.25) is 0 Å². The minimum Gasteiger partial charge on any atom is -0.464 e. The third-order valence-electron chi connectivity index (χ3n) is 7.46. The van der Waals surface area contributed by atoms with Crippen LogP contribution in [0.25, 0.3) is 0 Å². The van der Waals surface area contributed by atoms with E-state index in [1.54, 1.807) is 0 Å². The fourth-order valence-corrected chi connectivity index (χ4v) is 5.11. The van der Waals surface area contributed by atoms with E-state index in [0.717, 1.165) is 36.5 Å². The summed E-state index contributed by atoms with van der Waals surface area (Å²) in [6.07, 6.45) is -4.42. The van der Waals surface area contributed by atoms with E-state index in [1.807, 2.05) is 0 Å². The van der Waals surface area contributed by atoms with Crippen LogP contribution in [0, 0.1) is 23.3 Å². The number of carbonyl (C=O) groups excluding carboxylic acids is 2. The van der Waals surface area contributed by atoms with Gasteiger partial charge in [0.1, 0.15) is 35.7 Å². The van der Waals surface area contributed by atoms with Crippen molar-refractivity contribution in [2.75, 3.05) is 19.8 Å². The van der Waals surface area contributed by atoms with Crippen molar-refractivity contribution in [2.24, 2.45) is 0 Å². The zero-order valence-electron chi connectivity index (χ0n) is 24.0. The van der Waals surface area contributed by atoms with E-state index in [-0.39, 0.29) is 49.7 Å². The molecule has 0 unspecified atom stereocenters. The number of benzene rings is 2. The number of hydrogen-bond donors (Lipinski definition) is 1. The van der Waals surface area contributed by atoms with Gasteiger partial charge in [0.15, 0.2) is 0 Å². The van der Waals surface area contributed by atoms with Crippen LogP contribution < -0.4 is 5.32 Å². The molecular formula is C32H31F7N2O4. The van der Waals surface area contributed by atoms with Gasteiger partial charge >= 0.3 is 12.1 Å². The normalized spacial score (nSPS) is 17.6. The summed E-state index contributed by atoms with van der Waals surface area (Å²) in [7, 11) is 0. The maximum Gasteiger partial charge on any atom is 0.389 e. The van der Waals surface area contributed by atoms with E-state index in [4.69, 9.17) is 9.47 Å². The predicted molar refractivity (Wildman–Crippen MR) is 148 cm³/mol. The standard InChI is InChI=1S/C32H31F7N2O4/c33-21-3-1-19(2-4-21)27(28-12-22(34)5-8-29(28)35)13-24(42)11-20-14-40-16-30(36)26(20)7-6-25-15-41-23(17-44-25)18-45-31(43)9-10-32(37,38)39/h1-5,8,12,14,16,23,25,27,41H,6-7,9-11,13,15,17-18H2/t23-,25+,27-/m0/s1. The van der Waals surface area contributed by atoms with Crippen molar-refractivity contribution >= 4 is 11.8 Å². The number of nitrogens with one attached hydrogen (secondary N) is 1. The van der Waals surface area contributed by atoms with E-state index in [1.165, 1.54) is 18.3 Å². The summed E-state index contributed by atoms with van der Waals surface area (Å²) < 4.78 is 105. The maximum absolute atomic E-state index is 14.9. The summed E-state index contributed by atoms with van der Waals surface area (Å²) >= 11 is 0. The minimum atomic E-state index is -4.45. The number of rotatable bonds is 13. The van der Waals surface area contributed by atoms with Crippen LogP contribution >= 0.6 is 0 Å². The topological polar surface area (TPSA) is 77.5 Å². The fraction of sp³-hybridized carbons (Fsp3) is 0.406. The van der Waals surface area contributed by atoms with Gasteiger partial charge in [0.25, 0.3) is 0 Å². The Balaban J connectivity index is 1.34. The molecule has 13 heteroatoms. The van der Waals surface area contributed by atoms with Crippen LogP contribution in [-0.2, 0) is 31.9 Å². The van der Waals surface area contributed by atoms with Gasteiger partial charge in [0, 0.05) is 31.5 Å². The van der Waals surface area contributed by atoms with Crippen molar-refractivity contribution in [3.63, 3.8) is 0 Å². The second kappa shape index (κ2) is 15.4. The molecule has 0 aliphatic carbocycles. The molecule has 1 saturated heterocycles. The summed E-state index contributed by atoms with van der Waals surface area (Å²) in [6, 6.07) is 7.60. The lowest BCUT2D eigenvalue weighted by molar-refractivity contribution is -0.158. The minimum absolute atomic E-state index is 0.0659. The largest absolute Gasteiger partial charge is 0.464 e. The van der Waals surface area contributed by atoms with Gasteiger partial charge in [-0.1, -0.05) is 12.1 Å². The summed E-state index contributed by atoms with van der Waals surface area (Å²) in [5.74, 6) is -4.86. The summed E-state index contributed by atoms with van der Waals surface area (Å²) in [4.78, 5) is 28.7. The molecule has 6 nitrogen and oxygen atoms in total. The zero-order chi connectivity index (χ0) is 32.6. The first kappa shape index (κ1) is 34.0. The average molecular weight is 641 g/mol. The molecule has 0 amide bonds. The summed E-state index contributed by atoms with van der Waals surface area (Å²) in [5.41, 5.74) is 0.912. The van der Waals surface area contributed by atoms with Crippen LogP contribution in [0.3, 0.4) is 0 Å². The number of nitrogens with zero attached hydrogens (tertiary/aromatic N) is 1. The summed E-state index contributed by atoms with van der Waals surface area (Å²) in [6.45, 7) is 0.264. The van der Waals surface area contributed by atoms with Crippen molar-refractivity contribution in [3.05, 3.63) is 100 Å². The molecule has 1 aliphatic heterocycles. The van der Waals surface area contributed by atoms with E-state index in [0.29, 0.717) is 24.1 Å². The molecule has 45 heavy (non-hydrogen) atoms. The van der Waals surface area contributed by atoms with E-state index >= 15 is 0 Å². The molecule has 0 bridgehead atoms. The Morgan fingerprint density at radius 1 is 1.00 bits per heavy atom.